The number of rotatable bonds is 6. The van der Waals surface area contributed by atoms with Crippen LogP contribution >= 0.6 is 0 Å². The third kappa shape index (κ3) is 3.16. The maximum absolute atomic E-state index is 13.2. The normalized spacial score (nSPS) is 15.3. The van der Waals surface area contributed by atoms with Gasteiger partial charge in [-0.2, -0.15) is 0 Å². The highest BCUT2D eigenvalue weighted by Gasteiger charge is 2.37. The molecule has 28 heavy (non-hydrogen) atoms. The lowest BCUT2D eigenvalue weighted by Crippen LogP contribution is -2.32. The van der Waals surface area contributed by atoms with Crippen molar-refractivity contribution in [3.8, 4) is 11.5 Å². The summed E-state index contributed by atoms with van der Waals surface area (Å²) >= 11 is 0. The molecule has 142 valence electrons. The molecule has 1 aliphatic heterocycles. The second-order valence-corrected chi connectivity index (χ2v) is 6.44. The van der Waals surface area contributed by atoms with Crippen LogP contribution in [0.2, 0.25) is 0 Å². The Bertz CT molecular complexity index is 985. The fraction of sp³-hybridized carbons (Fsp3) is 0.174. The Kier molecular flexibility index (Phi) is 4.89. The van der Waals surface area contributed by atoms with Crippen LogP contribution in [0.15, 0.2) is 72.8 Å². The fourth-order valence-corrected chi connectivity index (χ4v) is 3.51. The highest BCUT2D eigenvalue weighted by atomic mass is 16.5. The number of benzene rings is 3. The smallest absolute Gasteiger partial charge is 0.260 e. The van der Waals surface area contributed by atoms with E-state index in [1.54, 1.807) is 12.0 Å². The van der Waals surface area contributed by atoms with Gasteiger partial charge in [0.2, 0.25) is 0 Å². The van der Waals surface area contributed by atoms with Crippen LogP contribution < -0.4 is 19.7 Å². The lowest BCUT2D eigenvalue weighted by atomic mass is 10.1. The van der Waals surface area contributed by atoms with E-state index >= 15 is 0 Å². The van der Waals surface area contributed by atoms with Crippen molar-refractivity contribution < 1.29 is 14.3 Å². The average molecular weight is 374 g/mol. The number of carbonyl (C=O) groups excluding carboxylic acids is 1. The van der Waals surface area contributed by atoms with Crippen LogP contribution in [0.4, 0.5) is 11.4 Å². The summed E-state index contributed by atoms with van der Waals surface area (Å²) in [4.78, 5) is 15.0. The summed E-state index contributed by atoms with van der Waals surface area (Å²) in [6, 6.07) is 23.0. The number of nitrogens with one attached hydrogen (secondary N) is 1. The predicted molar refractivity (Wildman–Crippen MR) is 110 cm³/mol. The summed E-state index contributed by atoms with van der Waals surface area (Å²) in [7, 11) is 1.64. The number of amides is 1. The number of methoxy groups -OCH3 is 1. The summed E-state index contributed by atoms with van der Waals surface area (Å²) in [5, 5.41) is 3.48. The minimum absolute atomic E-state index is 0.0350. The molecular formula is C23H22N2O3. The van der Waals surface area contributed by atoms with Crippen molar-refractivity contribution in [3.63, 3.8) is 0 Å². The van der Waals surface area contributed by atoms with Gasteiger partial charge >= 0.3 is 0 Å². The second-order valence-electron chi connectivity index (χ2n) is 6.44. The highest BCUT2D eigenvalue weighted by molar-refractivity contribution is 6.11. The van der Waals surface area contributed by atoms with Gasteiger partial charge < -0.3 is 14.8 Å². The van der Waals surface area contributed by atoms with E-state index in [0.717, 1.165) is 28.4 Å². The molecular weight excluding hydrogens is 352 g/mol. The van der Waals surface area contributed by atoms with Crippen molar-refractivity contribution in [1.29, 1.82) is 0 Å². The van der Waals surface area contributed by atoms with E-state index in [9.17, 15) is 4.79 Å². The van der Waals surface area contributed by atoms with E-state index in [0.29, 0.717) is 12.2 Å². The Balaban J connectivity index is 1.74. The van der Waals surface area contributed by atoms with Crippen LogP contribution in [0.5, 0.6) is 11.5 Å². The third-order valence-electron chi connectivity index (χ3n) is 4.79. The number of fused-ring (bicyclic) bond motifs is 1. The first-order chi connectivity index (χ1) is 13.7. The molecule has 0 aromatic heterocycles. The molecule has 0 spiro atoms. The number of nitrogens with zero attached hydrogens (tertiary/aromatic N) is 1. The number of ether oxygens (including phenoxy) is 2. The summed E-state index contributed by atoms with van der Waals surface area (Å²) in [6.45, 7) is 2.55. The minimum atomic E-state index is -0.335. The summed E-state index contributed by atoms with van der Waals surface area (Å²) in [5.41, 5.74) is 3.27. The van der Waals surface area contributed by atoms with Crippen LogP contribution in [0.1, 0.15) is 29.0 Å². The third-order valence-corrected chi connectivity index (χ3v) is 4.79. The van der Waals surface area contributed by atoms with Crippen LogP contribution in [0.25, 0.3) is 0 Å². The fourth-order valence-electron chi connectivity index (χ4n) is 3.51. The molecule has 3 aromatic rings. The molecule has 5 nitrogen and oxygen atoms in total. The number of hydrogen-bond acceptors (Lipinski definition) is 4. The monoisotopic (exact) mass is 374 g/mol. The summed E-state index contributed by atoms with van der Waals surface area (Å²) in [5.74, 6) is 1.47. The SMILES string of the molecule is CCOc1ccc(N2C(=O)c3ccccc3[C@@H]2Nc2ccccc2OC)cc1. The van der Waals surface area contributed by atoms with Crippen LogP contribution in [-0.2, 0) is 0 Å². The van der Waals surface area contributed by atoms with Crippen molar-refractivity contribution >= 4 is 17.3 Å². The molecule has 1 aliphatic rings. The molecule has 0 saturated carbocycles. The van der Waals surface area contributed by atoms with Crippen molar-refractivity contribution in [2.24, 2.45) is 0 Å². The van der Waals surface area contributed by atoms with Gasteiger partial charge in [0.25, 0.3) is 5.91 Å². The summed E-state index contributed by atoms with van der Waals surface area (Å²) in [6.07, 6.45) is -0.335. The molecule has 0 unspecified atom stereocenters. The lowest BCUT2D eigenvalue weighted by Gasteiger charge is -2.28. The van der Waals surface area contributed by atoms with Gasteiger partial charge in [-0.1, -0.05) is 30.3 Å². The standard InChI is InChI=1S/C23H22N2O3/c1-3-28-17-14-12-16(13-15-17)25-22(18-8-4-5-9-19(18)23(25)26)24-20-10-6-7-11-21(20)27-2/h4-15,22,24H,3H2,1-2H3/t22-/m1/s1. The predicted octanol–water partition coefficient (Wildman–Crippen LogP) is 4.87. The maximum Gasteiger partial charge on any atom is 0.260 e. The average Bonchev–Trinajstić information content (AvgIpc) is 3.01. The Morgan fingerprint density at radius 3 is 2.43 bits per heavy atom. The first-order valence-electron chi connectivity index (χ1n) is 9.28. The topological polar surface area (TPSA) is 50.8 Å². The maximum atomic E-state index is 13.2. The molecule has 0 fully saturated rings. The van der Waals surface area contributed by atoms with Crippen molar-refractivity contribution in [2.45, 2.75) is 13.1 Å². The van der Waals surface area contributed by atoms with E-state index in [2.05, 4.69) is 5.32 Å². The van der Waals surface area contributed by atoms with E-state index < -0.39 is 0 Å². The van der Waals surface area contributed by atoms with Crippen molar-refractivity contribution in [1.82, 2.24) is 0 Å². The molecule has 1 N–H and O–H groups in total. The zero-order valence-electron chi connectivity index (χ0n) is 15.9. The van der Waals surface area contributed by atoms with Crippen LogP contribution in [0.3, 0.4) is 0 Å². The number of anilines is 2. The van der Waals surface area contributed by atoms with Gasteiger partial charge in [0.1, 0.15) is 17.7 Å². The second kappa shape index (κ2) is 7.64. The molecule has 0 bridgehead atoms. The van der Waals surface area contributed by atoms with Gasteiger partial charge in [0.15, 0.2) is 0 Å². The minimum Gasteiger partial charge on any atom is -0.495 e. The first kappa shape index (κ1) is 17.9. The quantitative estimate of drug-likeness (QED) is 0.669. The number of para-hydroxylation sites is 2. The van der Waals surface area contributed by atoms with Crippen LogP contribution in [0, 0.1) is 0 Å². The molecule has 4 rings (SSSR count). The molecule has 1 amide bonds. The molecule has 1 atom stereocenters. The zero-order chi connectivity index (χ0) is 19.5. The van der Waals surface area contributed by atoms with Crippen LogP contribution in [-0.4, -0.2) is 19.6 Å². The zero-order valence-corrected chi connectivity index (χ0v) is 15.9. The van der Waals surface area contributed by atoms with Crippen molar-refractivity contribution in [2.75, 3.05) is 23.9 Å². The Labute approximate surface area is 164 Å². The van der Waals surface area contributed by atoms with E-state index in [1.165, 1.54) is 0 Å². The van der Waals surface area contributed by atoms with Crippen molar-refractivity contribution in [3.05, 3.63) is 83.9 Å². The Hall–Kier alpha value is -3.47. The van der Waals surface area contributed by atoms with E-state index in [1.807, 2.05) is 79.7 Å². The van der Waals surface area contributed by atoms with E-state index in [4.69, 9.17) is 9.47 Å². The van der Waals surface area contributed by atoms with E-state index in [-0.39, 0.29) is 12.1 Å². The van der Waals surface area contributed by atoms with Gasteiger partial charge in [-0.3, -0.25) is 9.69 Å². The van der Waals surface area contributed by atoms with Gasteiger partial charge in [0.05, 0.1) is 19.4 Å². The molecule has 3 aromatic carbocycles. The lowest BCUT2D eigenvalue weighted by molar-refractivity contribution is 0.0993. The largest absolute Gasteiger partial charge is 0.495 e. The molecule has 5 heteroatoms. The van der Waals surface area contributed by atoms with Gasteiger partial charge in [-0.25, -0.2) is 0 Å². The van der Waals surface area contributed by atoms with Gasteiger partial charge in [-0.15, -0.1) is 0 Å². The molecule has 1 heterocycles. The molecule has 0 radical (unpaired) electrons. The van der Waals surface area contributed by atoms with Gasteiger partial charge in [-0.05, 0) is 49.4 Å². The highest BCUT2D eigenvalue weighted by Crippen LogP contribution is 2.39. The first-order valence-corrected chi connectivity index (χ1v) is 9.28. The summed E-state index contributed by atoms with van der Waals surface area (Å²) < 4.78 is 11.0. The molecule has 0 saturated heterocycles. The Morgan fingerprint density at radius 1 is 0.964 bits per heavy atom. The molecule has 0 aliphatic carbocycles. The van der Waals surface area contributed by atoms with Gasteiger partial charge in [0, 0.05) is 16.8 Å². The number of carbonyl (C=O) groups is 1. The Morgan fingerprint density at radius 2 is 1.68 bits per heavy atom. The number of hydrogen-bond donors (Lipinski definition) is 1.